The first kappa shape index (κ1) is 14.0. The third kappa shape index (κ3) is 3.52. The molecule has 100 valence electrons. The molecule has 0 saturated heterocycles. The fraction of sp³-hybridized carbons (Fsp3) is 0.200. The Morgan fingerprint density at radius 2 is 1.89 bits per heavy atom. The number of nitrogens with one attached hydrogen (secondary N) is 1. The van der Waals surface area contributed by atoms with Crippen LogP contribution < -0.4 is 5.32 Å². The number of hydrogen-bond acceptors (Lipinski definition) is 1. The molecule has 2 rings (SSSR count). The molecule has 1 N–H and O–H groups in total. The van der Waals surface area contributed by atoms with Crippen LogP contribution in [0.2, 0.25) is 5.02 Å². The molecule has 0 aliphatic rings. The monoisotopic (exact) mass is 281 g/mol. The fourth-order valence-electron chi connectivity index (χ4n) is 1.86. The Balaban J connectivity index is 2.07. The second-order valence-electron chi connectivity index (χ2n) is 4.36. The smallest absolute Gasteiger partial charge is 0.128 e. The van der Waals surface area contributed by atoms with Crippen molar-refractivity contribution in [3.05, 3.63) is 70.2 Å². The van der Waals surface area contributed by atoms with Crippen molar-refractivity contribution >= 4 is 11.6 Å². The fourth-order valence-corrected chi connectivity index (χ4v) is 2.06. The van der Waals surface area contributed by atoms with E-state index in [-0.39, 0.29) is 6.04 Å². The molecule has 0 spiro atoms. The highest BCUT2D eigenvalue weighted by atomic mass is 35.5. The zero-order chi connectivity index (χ0) is 13.8. The molecule has 0 amide bonds. The molecule has 0 saturated carbocycles. The average molecular weight is 282 g/mol. The molecule has 0 bridgehead atoms. The minimum absolute atomic E-state index is 0.299. The van der Waals surface area contributed by atoms with Crippen LogP contribution in [0.4, 0.5) is 8.78 Å². The average Bonchev–Trinajstić information content (AvgIpc) is 2.40. The van der Waals surface area contributed by atoms with E-state index in [4.69, 9.17) is 11.6 Å². The van der Waals surface area contributed by atoms with Crippen molar-refractivity contribution in [1.29, 1.82) is 0 Å². The Kier molecular flexibility index (Phi) is 4.51. The lowest BCUT2D eigenvalue weighted by molar-refractivity contribution is 0.518. The first-order valence-electron chi connectivity index (χ1n) is 5.99. The van der Waals surface area contributed by atoms with Gasteiger partial charge in [0.25, 0.3) is 0 Å². The van der Waals surface area contributed by atoms with Gasteiger partial charge in [-0.1, -0.05) is 29.8 Å². The lowest BCUT2D eigenvalue weighted by Crippen LogP contribution is -2.19. The van der Waals surface area contributed by atoms with Gasteiger partial charge in [-0.05, 0) is 36.8 Å². The van der Waals surface area contributed by atoms with E-state index in [0.717, 1.165) is 17.7 Å². The Morgan fingerprint density at radius 3 is 2.63 bits per heavy atom. The van der Waals surface area contributed by atoms with E-state index in [1.807, 2.05) is 18.2 Å². The van der Waals surface area contributed by atoms with Crippen molar-refractivity contribution in [2.24, 2.45) is 0 Å². The van der Waals surface area contributed by atoms with Crippen LogP contribution in [0, 0.1) is 11.6 Å². The minimum Gasteiger partial charge on any atom is -0.306 e. The van der Waals surface area contributed by atoms with Crippen molar-refractivity contribution in [2.75, 3.05) is 0 Å². The molecule has 0 aliphatic heterocycles. The van der Waals surface area contributed by atoms with Crippen LogP contribution in [0.15, 0.2) is 42.5 Å². The standard InChI is InChI=1S/C15H14ClF2N/c1-10(13-8-12(17)6-7-15(13)18)19-9-11-4-2-3-5-14(11)16/h2-8,10,19H,9H2,1H3. The molecule has 2 aromatic rings. The van der Waals surface area contributed by atoms with Crippen LogP contribution in [0.5, 0.6) is 0 Å². The summed E-state index contributed by atoms with van der Waals surface area (Å²) in [5.74, 6) is -0.858. The molecule has 0 heterocycles. The van der Waals surface area contributed by atoms with Gasteiger partial charge in [0.15, 0.2) is 0 Å². The molecule has 1 atom stereocenters. The summed E-state index contributed by atoms with van der Waals surface area (Å²) < 4.78 is 26.7. The van der Waals surface area contributed by atoms with E-state index in [1.165, 1.54) is 6.07 Å². The highest BCUT2D eigenvalue weighted by molar-refractivity contribution is 6.31. The van der Waals surface area contributed by atoms with E-state index in [1.54, 1.807) is 13.0 Å². The summed E-state index contributed by atoms with van der Waals surface area (Å²) in [4.78, 5) is 0. The second-order valence-corrected chi connectivity index (χ2v) is 4.77. The molecule has 2 aromatic carbocycles. The Hall–Kier alpha value is -1.45. The Bertz CT molecular complexity index is 572. The molecule has 0 aliphatic carbocycles. The van der Waals surface area contributed by atoms with Crippen molar-refractivity contribution < 1.29 is 8.78 Å². The van der Waals surface area contributed by atoms with Crippen LogP contribution in [0.25, 0.3) is 0 Å². The van der Waals surface area contributed by atoms with Crippen LogP contribution in [0.3, 0.4) is 0 Å². The minimum atomic E-state index is -0.442. The number of benzene rings is 2. The summed E-state index contributed by atoms with van der Waals surface area (Å²) in [7, 11) is 0. The third-order valence-corrected chi connectivity index (χ3v) is 3.35. The second kappa shape index (κ2) is 6.13. The van der Waals surface area contributed by atoms with Crippen molar-refractivity contribution in [1.82, 2.24) is 5.32 Å². The first-order chi connectivity index (χ1) is 9.08. The summed E-state index contributed by atoms with van der Waals surface area (Å²) in [5.41, 5.74) is 1.24. The van der Waals surface area contributed by atoms with Gasteiger partial charge in [0.05, 0.1) is 0 Å². The van der Waals surface area contributed by atoms with Gasteiger partial charge in [-0.25, -0.2) is 8.78 Å². The molecule has 1 unspecified atom stereocenters. The van der Waals surface area contributed by atoms with Gasteiger partial charge in [0, 0.05) is 23.2 Å². The maximum Gasteiger partial charge on any atom is 0.128 e. The summed E-state index contributed by atoms with van der Waals surface area (Å²) in [6, 6.07) is 10.6. The van der Waals surface area contributed by atoms with Crippen LogP contribution in [0.1, 0.15) is 24.1 Å². The molecular weight excluding hydrogens is 268 g/mol. The molecule has 0 fully saturated rings. The number of rotatable bonds is 4. The molecule has 19 heavy (non-hydrogen) atoms. The Labute approximate surface area is 116 Å². The highest BCUT2D eigenvalue weighted by Gasteiger charge is 2.12. The van der Waals surface area contributed by atoms with Gasteiger partial charge in [0.2, 0.25) is 0 Å². The van der Waals surface area contributed by atoms with Crippen molar-refractivity contribution in [3.63, 3.8) is 0 Å². The van der Waals surface area contributed by atoms with E-state index in [9.17, 15) is 8.78 Å². The molecule has 0 radical (unpaired) electrons. The van der Waals surface area contributed by atoms with Crippen LogP contribution in [-0.2, 0) is 6.54 Å². The van der Waals surface area contributed by atoms with E-state index >= 15 is 0 Å². The van der Waals surface area contributed by atoms with Crippen LogP contribution >= 0.6 is 11.6 Å². The van der Waals surface area contributed by atoms with Gasteiger partial charge in [-0.3, -0.25) is 0 Å². The predicted molar refractivity (Wildman–Crippen MR) is 73.1 cm³/mol. The van der Waals surface area contributed by atoms with Crippen LogP contribution in [-0.4, -0.2) is 0 Å². The van der Waals surface area contributed by atoms with Crippen molar-refractivity contribution in [3.8, 4) is 0 Å². The summed E-state index contributed by atoms with van der Waals surface area (Å²) in [6.07, 6.45) is 0. The normalized spacial score (nSPS) is 12.4. The van der Waals surface area contributed by atoms with Gasteiger partial charge in [-0.2, -0.15) is 0 Å². The predicted octanol–water partition coefficient (Wildman–Crippen LogP) is 4.47. The SMILES string of the molecule is CC(NCc1ccccc1Cl)c1cc(F)ccc1F. The topological polar surface area (TPSA) is 12.0 Å². The lowest BCUT2D eigenvalue weighted by atomic mass is 10.1. The summed E-state index contributed by atoms with van der Waals surface area (Å²) >= 11 is 6.04. The van der Waals surface area contributed by atoms with Crippen molar-refractivity contribution in [2.45, 2.75) is 19.5 Å². The third-order valence-electron chi connectivity index (χ3n) is 2.98. The van der Waals surface area contributed by atoms with E-state index in [2.05, 4.69) is 5.32 Å². The highest BCUT2D eigenvalue weighted by Crippen LogP contribution is 2.20. The molecule has 1 nitrogen and oxygen atoms in total. The van der Waals surface area contributed by atoms with Gasteiger partial charge < -0.3 is 5.32 Å². The quantitative estimate of drug-likeness (QED) is 0.872. The number of hydrogen-bond donors (Lipinski definition) is 1. The summed E-state index contributed by atoms with van der Waals surface area (Å²) in [6.45, 7) is 2.28. The van der Waals surface area contributed by atoms with Gasteiger partial charge in [0.1, 0.15) is 11.6 Å². The largest absolute Gasteiger partial charge is 0.306 e. The Morgan fingerprint density at radius 1 is 1.16 bits per heavy atom. The lowest BCUT2D eigenvalue weighted by Gasteiger charge is -2.15. The molecular formula is C15H14ClF2N. The zero-order valence-electron chi connectivity index (χ0n) is 10.5. The number of halogens is 3. The van der Waals surface area contributed by atoms with Gasteiger partial charge in [-0.15, -0.1) is 0 Å². The molecule has 0 aromatic heterocycles. The maximum atomic E-state index is 13.6. The van der Waals surface area contributed by atoms with E-state index < -0.39 is 11.6 Å². The van der Waals surface area contributed by atoms with E-state index in [0.29, 0.717) is 17.1 Å². The van der Waals surface area contributed by atoms with Gasteiger partial charge >= 0.3 is 0 Å². The molecule has 4 heteroatoms. The zero-order valence-corrected chi connectivity index (χ0v) is 11.2. The summed E-state index contributed by atoms with van der Waals surface area (Å²) in [5, 5.41) is 3.79. The first-order valence-corrected chi connectivity index (χ1v) is 6.37. The maximum absolute atomic E-state index is 13.6.